The normalized spacial score (nSPS) is 14.4. The Labute approximate surface area is 143 Å². The van der Waals surface area contributed by atoms with Crippen LogP contribution in [0.4, 0.5) is 5.69 Å². The number of hydrogen-bond donors (Lipinski definition) is 1. The molecule has 1 saturated carbocycles. The SMILES string of the molecule is O=Cc1ccc(O[C@H](C(=O)NC2CC2)c2ccccc2)c([N+](=O)[O-])c1. The van der Waals surface area contributed by atoms with Gasteiger partial charge in [0.25, 0.3) is 5.91 Å². The molecule has 1 atom stereocenters. The van der Waals surface area contributed by atoms with Crippen molar-refractivity contribution < 1.29 is 19.2 Å². The summed E-state index contributed by atoms with van der Waals surface area (Å²) in [5, 5.41) is 14.1. The van der Waals surface area contributed by atoms with Gasteiger partial charge in [0, 0.05) is 23.2 Å². The van der Waals surface area contributed by atoms with Crippen LogP contribution in [0.3, 0.4) is 0 Å². The predicted octanol–water partition coefficient (Wildman–Crippen LogP) is 2.81. The summed E-state index contributed by atoms with van der Waals surface area (Å²) in [6.45, 7) is 0. The van der Waals surface area contributed by atoms with Gasteiger partial charge in [-0.25, -0.2) is 0 Å². The third-order valence-electron chi connectivity index (χ3n) is 3.82. The minimum Gasteiger partial charge on any atom is -0.469 e. The van der Waals surface area contributed by atoms with Gasteiger partial charge in [0.05, 0.1) is 4.92 Å². The maximum Gasteiger partial charge on any atom is 0.311 e. The van der Waals surface area contributed by atoms with E-state index >= 15 is 0 Å². The molecule has 0 bridgehead atoms. The second-order valence-electron chi connectivity index (χ2n) is 5.79. The summed E-state index contributed by atoms with van der Waals surface area (Å²) in [5.41, 5.74) is 0.400. The first kappa shape index (κ1) is 16.6. The number of hydrogen-bond acceptors (Lipinski definition) is 5. The zero-order valence-corrected chi connectivity index (χ0v) is 13.3. The van der Waals surface area contributed by atoms with E-state index in [1.165, 1.54) is 12.1 Å². The molecule has 0 aliphatic heterocycles. The Kier molecular flexibility index (Phi) is 4.74. The monoisotopic (exact) mass is 340 g/mol. The Morgan fingerprint density at radius 3 is 2.56 bits per heavy atom. The summed E-state index contributed by atoms with van der Waals surface area (Å²) >= 11 is 0. The summed E-state index contributed by atoms with van der Waals surface area (Å²) in [5.74, 6) is -0.405. The minimum absolute atomic E-state index is 0.0598. The molecule has 2 aromatic carbocycles. The second kappa shape index (κ2) is 7.12. The lowest BCUT2D eigenvalue weighted by atomic mass is 10.1. The molecule has 0 radical (unpaired) electrons. The molecule has 128 valence electrons. The third kappa shape index (κ3) is 4.00. The summed E-state index contributed by atoms with van der Waals surface area (Å²) in [7, 11) is 0. The Morgan fingerprint density at radius 2 is 1.96 bits per heavy atom. The number of carbonyl (C=O) groups is 2. The van der Waals surface area contributed by atoms with Crippen LogP contribution < -0.4 is 10.1 Å². The van der Waals surface area contributed by atoms with E-state index < -0.39 is 11.0 Å². The van der Waals surface area contributed by atoms with Crippen molar-refractivity contribution in [2.75, 3.05) is 0 Å². The molecule has 1 aliphatic carbocycles. The summed E-state index contributed by atoms with van der Waals surface area (Å²) in [6.07, 6.45) is 1.34. The number of nitro benzene ring substituents is 1. The number of nitro groups is 1. The molecule has 0 aromatic heterocycles. The van der Waals surface area contributed by atoms with E-state index in [4.69, 9.17) is 4.74 Å². The lowest BCUT2D eigenvalue weighted by molar-refractivity contribution is -0.386. The highest BCUT2D eigenvalue weighted by Crippen LogP contribution is 2.32. The van der Waals surface area contributed by atoms with Gasteiger partial charge in [-0.15, -0.1) is 0 Å². The van der Waals surface area contributed by atoms with Crippen LogP contribution in [-0.4, -0.2) is 23.2 Å². The fourth-order valence-corrected chi connectivity index (χ4v) is 2.38. The van der Waals surface area contributed by atoms with E-state index in [2.05, 4.69) is 5.32 Å². The third-order valence-corrected chi connectivity index (χ3v) is 3.82. The zero-order chi connectivity index (χ0) is 17.8. The first-order valence-corrected chi connectivity index (χ1v) is 7.84. The largest absolute Gasteiger partial charge is 0.469 e. The van der Waals surface area contributed by atoms with Crippen molar-refractivity contribution in [2.24, 2.45) is 0 Å². The van der Waals surface area contributed by atoms with Crippen LogP contribution in [0.1, 0.15) is 34.9 Å². The van der Waals surface area contributed by atoms with Crippen LogP contribution in [0.25, 0.3) is 0 Å². The average Bonchev–Trinajstić information content (AvgIpc) is 3.44. The quantitative estimate of drug-likeness (QED) is 0.475. The molecule has 1 amide bonds. The Hall–Kier alpha value is -3.22. The predicted molar refractivity (Wildman–Crippen MR) is 89.5 cm³/mol. The number of ether oxygens (including phenoxy) is 1. The average molecular weight is 340 g/mol. The van der Waals surface area contributed by atoms with E-state index in [-0.39, 0.29) is 28.9 Å². The number of amides is 1. The van der Waals surface area contributed by atoms with E-state index in [9.17, 15) is 19.7 Å². The molecule has 1 aliphatic rings. The minimum atomic E-state index is -1.01. The standard InChI is InChI=1S/C18H16N2O5/c21-11-12-6-9-16(15(10-12)20(23)24)25-17(13-4-2-1-3-5-13)18(22)19-14-7-8-14/h1-6,9-11,14,17H,7-8H2,(H,19,22)/t17-/m0/s1. The van der Waals surface area contributed by atoms with Crippen LogP contribution in [0, 0.1) is 10.1 Å². The van der Waals surface area contributed by atoms with E-state index in [1.54, 1.807) is 30.3 Å². The molecule has 0 saturated heterocycles. The Morgan fingerprint density at radius 1 is 1.24 bits per heavy atom. The summed E-state index contributed by atoms with van der Waals surface area (Å²) < 4.78 is 5.71. The van der Waals surface area contributed by atoms with Gasteiger partial charge in [0.1, 0.15) is 6.29 Å². The molecule has 0 heterocycles. The van der Waals surface area contributed by atoms with Gasteiger partial charge in [0.2, 0.25) is 6.10 Å². The van der Waals surface area contributed by atoms with Crippen LogP contribution >= 0.6 is 0 Å². The van der Waals surface area contributed by atoms with E-state index in [1.807, 2.05) is 0 Å². The van der Waals surface area contributed by atoms with Crippen molar-refractivity contribution in [1.29, 1.82) is 0 Å². The first-order valence-electron chi connectivity index (χ1n) is 7.84. The highest BCUT2D eigenvalue weighted by Gasteiger charge is 2.31. The smallest absolute Gasteiger partial charge is 0.311 e. The Balaban J connectivity index is 1.93. The first-order chi connectivity index (χ1) is 12.1. The van der Waals surface area contributed by atoms with Crippen molar-refractivity contribution in [3.05, 3.63) is 69.8 Å². The van der Waals surface area contributed by atoms with Gasteiger partial charge in [0.15, 0.2) is 5.75 Å². The molecule has 25 heavy (non-hydrogen) atoms. The van der Waals surface area contributed by atoms with Crippen LogP contribution in [0.15, 0.2) is 48.5 Å². The molecule has 0 spiro atoms. The summed E-state index contributed by atoms with van der Waals surface area (Å²) in [6, 6.07) is 12.8. The van der Waals surface area contributed by atoms with Crippen molar-refractivity contribution in [3.8, 4) is 5.75 Å². The Bertz CT molecular complexity index is 802. The van der Waals surface area contributed by atoms with Gasteiger partial charge in [-0.1, -0.05) is 30.3 Å². The number of benzene rings is 2. The van der Waals surface area contributed by atoms with Gasteiger partial charge in [-0.2, -0.15) is 0 Å². The van der Waals surface area contributed by atoms with E-state index in [0.29, 0.717) is 11.8 Å². The lowest BCUT2D eigenvalue weighted by Gasteiger charge is -2.19. The lowest BCUT2D eigenvalue weighted by Crippen LogP contribution is -2.34. The zero-order valence-electron chi connectivity index (χ0n) is 13.3. The molecule has 7 heteroatoms. The van der Waals surface area contributed by atoms with Gasteiger partial charge in [-0.3, -0.25) is 19.7 Å². The van der Waals surface area contributed by atoms with Crippen molar-refractivity contribution in [1.82, 2.24) is 5.32 Å². The maximum atomic E-state index is 12.5. The van der Waals surface area contributed by atoms with Gasteiger partial charge in [-0.05, 0) is 25.0 Å². The second-order valence-corrected chi connectivity index (χ2v) is 5.79. The molecule has 1 fully saturated rings. The van der Waals surface area contributed by atoms with Crippen LogP contribution in [0.5, 0.6) is 5.75 Å². The summed E-state index contributed by atoms with van der Waals surface area (Å²) in [4.78, 5) is 34.0. The highest BCUT2D eigenvalue weighted by atomic mass is 16.6. The topological polar surface area (TPSA) is 98.5 Å². The molecule has 3 rings (SSSR count). The van der Waals surface area contributed by atoms with Gasteiger partial charge >= 0.3 is 5.69 Å². The molecule has 0 unspecified atom stereocenters. The fraction of sp³-hybridized carbons (Fsp3) is 0.222. The van der Waals surface area contributed by atoms with Gasteiger partial charge < -0.3 is 10.1 Å². The van der Waals surface area contributed by atoms with Crippen LogP contribution in [-0.2, 0) is 4.79 Å². The van der Waals surface area contributed by atoms with Crippen molar-refractivity contribution >= 4 is 17.9 Å². The molecule has 7 nitrogen and oxygen atoms in total. The molecular formula is C18H16N2O5. The number of aldehydes is 1. The van der Waals surface area contributed by atoms with Crippen LogP contribution in [0.2, 0.25) is 0 Å². The number of carbonyl (C=O) groups excluding carboxylic acids is 2. The molecular weight excluding hydrogens is 324 g/mol. The number of rotatable bonds is 7. The molecule has 2 aromatic rings. The number of nitrogens with zero attached hydrogens (tertiary/aromatic N) is 1. The number of nitrogens with one attached hydrogen (secondary N) is 1. The highest BCUT2D eigenvalue weighted by molar-refractivity contribution is 5.83. The van der Waals surface area contributed by atoms with E-state index in [0.717, 1.165) is 18.9 Å². The maximum absolute atomic E-state index is 12.5. The van der Waals surface area contributed by atoms with Crippen molar-refractivity contribution in [3.63, 3.8) is 0 Å². The molecule has 1 N–H and O–H groups in total. The van der Waals surface area contributed by atoms with Crippen molar-refractivity contribution in [2.45, 2.75) is 25.0 Å². The fourth-order valence-electron chi connectivity index (χ4n) is 2.38.